The molecule has 32 heavy (non-hydrogen) atoms. The number of rotatable bonds is 10. The smallest absolute Gasteiger partial charge is 0.341 e. The first-order chi connectivity index (χ1) is 15.5. The van der Waals surface area contributed by atoms with Crippen LogP contribution in [0.2, 0.25) is 0 Å². The average molecular weight is 435 g/mol. The van der Waals surface area contributed by atoms with Crippen LogP contribution in [0, 0.1) is 6.92 Å². The van der Waals surface area contributed by atoms with Gasteiger partial charge in [0.2, 0.25) is 0 Å². The van der Waals surface area contributed by atoms with Gasteiger partial charge in [0.1, 0.15) is 5.56 Å². The Labute approximate surface area is 189 Å². The van der Waals surface area contributed by atoms with Gasteiger partial charge in [-0.1, -0.05) is 37.8 Å². The van der Waals surface area contributed by atoms with Gasteiger partial charge in [-0.25, -0.2) is 9.59 Å². The highest BCUT2D eigenvalue weighted by Gasteiger charge is 2.17. The molecule has 0 amide bonds. The third-order valence-electron chi connectivity index (χ3n) is 5.14. The molecule has 3 rings (SSSR count). The Balaban J connectivity index is 1.81. The van der Waals surface area contributed by atoms with E-state index < -0.39 is 5.97 Å². The summed E-state index contributed by atoms with van der Waals surface area (Å²) < 4.78 is 10.6. The maximum Gasteiger partial charge on any atom is 0.341 e. The number of benzene rings is 2. The second-order valence-corrected chi connectivity index (χ2v) is 7.69. The SMILES string of the molecule is CCCCCCOC(=O)c1ccc(Nc2c(C(=O)OCC)cnc3ccc(C)cc23)cc1. The van der Waals surface area contributed by atoms with E-state index in [0.29, 0.717) is 23.4 Å². The molecule has 0 bridgehead atoms. The predicted octanol–water partition coefficient (Wildman–Crippen LogP) is 6.20. The zero-order chi connectivity index (χ0) is 22.9. The number of hydrogen-bond acceptors (Lipinski definition) is 6. The van der Waals surface area contributed by atoms with Crippen molar-refractivity contribution in [2.45, 2.75) is 46.5 Å². The summed E-state index contributed by atoms with van der Waals surface area (Å²) in [6, 6.07) is 12.9. The molecule has 0 aliphatic heterocycles. The fourth-order valence-corrected chi connectivity index (χ4v) is 3.42. The summed E-state index contributed by atoms with van der Waals surface area (Å²) in [5.41, 5.74) is 4.05. The number of aryl methyl sites for hydroxylation is 1. The summed E-state index contributed by atoms with van der Waals surface area (Å²) in [5, 5.41) is 4.15. The van der Waals surface area contributed by atoms with Crippen LogP contribution in [0.1, 0.15) is 65.8 Å². The van der Waals surface area contributed by atoms with E-state index in [4.69, 9.17) is 9.47 Å². The van der Waals surface area contributed by atoms with Gasteiger partial charge in [-0.05, 0) is 56.7 Å². The number of fused-ring (bicyclic) bond motifs is 1. The largest absolute Gasteiger partial charge is 0.462 e. The molecule has 3 aromatic rings. The van der Waals surface area contributed by atoms with Crippen LogP contribution in [-0.2, 0) is 9.47 Å². The number of carbonyl (C=O) groups is 2. The Hall–Kier alpha value is -3.41. The van der Waals surface area contributed by atoms with Crippen molar-refractivity contribution in [1.29, 1.82) is 0 Å². The monoisotopic (exact) mass is 434 g/mol. The van der Waals surface area contributed by atoms with E-state index >= 15 is 0 Å². The molecule has 6 heteroatoms. The lowest BCUT2D eigenvalue weighted by atomic mass is 10.1. The summed E-state index contributed by atoms with van der Waals surface area (Å²) >= 11 is 0. The van der Waals surface area contributed by atoms with Gasteiger partial charge >= 0.3 is 11.9 Å². The molecule has 0 radical (unpaired) electrons. The van der Waals surface area contributed by atoms with E-state index in [1.807, 2.05) is 25.1 Å². The van der Waals surface area contributed by atoms with Crippen molar-refractivity contribution < 1.29 is 19.1 Å². The van der Waals surface area contributed by atoms with Crippen molar-refractivity contribution in [3.05, 3.63) is 65.4 Å². The van der Waals surface area contributed by atoms with E-state index in [-0.39, 0.29) is 12.6 Å². The number of ether oxygens (including phenoxy) is 2. The Morgan fingerprint density at radius 3 is 2.44 bits per heavy atom. The van der Waals surface area contributed by atoms with Crippen LogP contribution in [0.15, 0.2) is 48.7 Å². The molecule has 0 aliphatic rings. The van der Waals surface area contributed by atoms with Crippen LogP contribution in [0.5, 0.6) is 0 Å². The van der Waals surface area contributed by atoms with Crippen molar-refractivity contribution in [2.75, 3.05) is 18.5 Å². The molecule has 6 nitrogen and oxygen atoms in total. The molecule has 0 unspecified atom stereocenters. The number of nitrogens with zero attached hydrogens (tertiary/aromatic N) is 1. The molecular formula is C26H30N2O4. The van der Waals surface area contributed by atoms with Gasteiger partial charge in [0.05, 0.1) is 30.0 Å². The molecule has 2 aromatic carbocycles. The van der Waals surface area contributed by atoms with E-state index in [1.165, 1.54) is 6.20 Å². The Morgan fingerprint density at radius 1 is 0.938 bits per heavy atom. The standard InChI is InChI=1S/C26H30N2O4/c1-4-6-7-8-15-32-25(29)19-10-12-20(13-11-19)28-24-21-16-18(3)9-14-23(21)27-17-22(24)26(30)31-5-2/h9-14,16-17H,4-8,15H2,1-3H3,(H,27,28). The Kier molecular flexibility index (Phi) is 8.20. The fourth-order valence-electron chi connectivity index (χ4n) is 3.42. The first-order valence-electron chi connectivity index (χ1n) is 11.1. The molecule has 0 fully saturated rings. The molecule has 1 aromatic heterocycles. The molecule has 0 saturated heterocycles. The minimum atomic E-state index is -0.436. The van der Waals surface area contributed by atoms with Crippen molar-refractivity contribution in [3.63, 3.8) is 0 Å². The zero-order valence-electron chi connectivity index (χ0n) is 18.9. The first-order valence-corrected chi connectivity index (χ1v) is 11.1. The molecular weight excluding hydrogens is 404 g/mol. The minimum Gasteiger partial charge on any atom is -0.462 e. The first kappa shape index (κ1) is 23.3. The van der Waals surface area contributed by atoms with Crippen LogP contribution < -0.4 is 5.32 Å². The second kappa shape index (κ2) is 11.3. The van der Waals surface area contributed by atoms with E-state index in [2.05, 4.69) is 17.2 Å². The third kappa shape index (κ3) is 5.84. The van der Waals surface area contributed by atoms with Crippen LogP contribution in [0.25, 0.3) is 10.9 Å². The van der Waals surface area contributed by atoms with Gasteiger partial charge < -0.3 is 14.8 Å². The number of nitrogens with one attached hydrogen (secondary N) is 1. The van der Waals surface area contributed by atoms with Gasteiger partial charge in [-0.2, -0.15) is 0 Å². The molecule has 1 heterocycles. The highest BCUT2D eigenvalue weighted by molar-refractivity contribution is 6.06. The normalized spacial score (nSPS) is 10.7. The number of carbonyl (C=O) groups excluding carboxylic acids is 2. The van der Waals surface area contributed by atoms with Gasteiger partial charge in [0, 0.05) is 17.3 Å². The second-order valence-electron chi connectivity index (χ2n) is 7.69. The van der Waals surface area contributed by atoms with Gasteiger partial charge in [-0.15, -0.1) is 0 Å². The number of esters is 2. The Bertz CT molecular complexity index is 1080. The van der Waals surface area contributed by atoms with Crippen LogP contribution in [0.3, 0.4) is 0 Å². The highest BCUT2D eigenvalue weighted by atomic mass is 16.5. The number of hydrogen-bond donors (Lipinski definition) is 1. The topological polar surface area (TPSA) is 77.5 Å². The van der Waals surface area contributed by atoms with E-state index in [0.717, 1.165) is 47.8 Å². The number of unbranched alkanes of at least 4 members (excludes halogenated alkanes) is 3. The fraction of sp³-hybridized carbons (Fsp3) is 0.346. The summed E-state index contributed by atoms with van der Waals surface area (Å²) in [4.78, 5) is 29.2. The van der Waals surface area contributed by atoms with Crippen molar-refractivity contribution in [1.82, 2.24) is 4.98 Å². The van der Waals surface area contributed by atoms with Gasteiger partial charge in [0.15, 0.2) is 0 Å². The predicted molar refractivity (Wildman–Crippen MR) is 127 cm³/mol. The third-order valence-corrected chi connectivity index (χ3v) is 5.14. The van der Waals surface area contributed by atoms with Crippen molar-refractivity contribution in [3.8, 4) is 0 Å². The summed E-state index contributed by atoms with van der Waals surface area (Å²) in [7, 11) is 0. The lowest BCUT2D eigenvalue weighted by molar-refractivity contribution is 0.0495. The molecule has 1 N–H and O–H groups in total. The summed E-state index contributed by atoms with van der Waals surface area (Å²) in [5.74, 6) is -0.764. The lowest BCUT2D eigenvalue weighted by Crippen LogP contribution is -2.10. The highest BCUT2D eigenvalue weighted by Crippen LogP contribution is 2.30. The van der Waals surface area contributed by atoms with Crippen LogP contribution in [-0.4, -0.2) is 30.1 Å². The van der Waals surface area contributed by atoms with Crippen LogP contribution in [0.4, 0.5) is 11.4 Å². The number of pyridine rings is 1. The van der Waals surface area contributed by atoms with Gasteiger partial charge in [-0.3, -0.25) is 4.98 Å². The maximum absolute atomic E-state index is 12.5. The number of anilines is 2. The Morgan fingerprint density at radius 2 is 1.72 bits per heavy atom. The summed E-state index contributed by atoms with van der Waals surface area (Å²) in [6.45, 7) is 6.62. The molecule has 0 spiro atoms. The van der Waals surface area contributed by atoms with Gasteiger partial charge in [0.25, 0.3) is 0 Å². The molecule has 0 atom stereocenters. The zero-order valence-corrected chi connectivity index (χ0v) is 18.9. The van der Waals surface area contributed by atoms with Crippen molar-refractivity contribution in [2.24, 2.45) is 0 Å². The van der Waals surface area contributed by atoms with E-state index in [1.54, 1.807) is 31.2 Å². The number of aromatic nitrogens is 1. The molecule has 168 valence electrons. The quantitative estimate of drug-likeness (QED) is 0.302. The molecule has 0 aliphatic carbocycles. The average Bonchev–Trinajstić information content (AvgIpc) is 2.79. The molecule has 0 saturated carbocycles. The van der Waals surface area contributed by atoms with Crippen LogP contribution >= 0.6 is 0 Å². The summed E-state index contributed by atoms with van der Waals surface area (Å²) in [6.07, 6.45) is 5.77. The van der Waals surface area contributed by atoms with E-state index in [9.17, 15) is 9.59 Å². The van der Waals surface area contributed by atoms with Crippen molar-refractivity contribution >= 4 is 34.2 Å². The lowest BCUT2D eigenvalue weighted by Gasteiger charge is -2.15. The minimum absolute atomic E-state index is 0.277. The maximum atomic E-state index is 12.5.